The highest BCUT2D eigenvalue weighted by atomic mass is 32.2. The van der Waals surface area contributed by atoms with Crippen molar-refractivity contribution in [1.82, 2.24) is 14.8 Å². The molecule has 1 aliphatic rings. The molecule has 0 spiro atoms. The van der Waals surface area contributed by atoms with Crippen molar-refractivity contribution < 1.29 is 9.90 Å². The van der Waals surface area contributed by atoms with Gasteiger partial charge in [0, 0.05) is 18.2 Å². The number of carboxylic acids is 1. The van der Waals surface area contributed by atoms with Gasteiger partial charge in [-0.05, 0) is 25.0 Å². The second-order valence-electron chi connectivity index (χ2n) is 4.93. The van der Waals surface area contributed by atoms with Crippen LogP contribution in [-0.2, 0) is 17.8 Å². The molecule has 5 nitrogen and oxygen atoms in total. The van der Waals surface area contributed by atoms with E-state index in [9.17, 15) is 4.79 Å². The zero-order chi connectivity index (χ0) is 14.4. The van der Waals surface area contributed by atoms with Gasteiger partial charge in [-0.1, -0.05) is 25.1 Å². The van der Waals surface area contributed by atoms with Crippen molar-refractivity contribution >= 4 is 29.5 Å². The predicted molar refractivity (Wildman–Crippen MR) is 82.5 cm³/mol. The van der Waals surface area contributed by atoms with Gasteiger partial charge in [0.1, 0.15) is 5.82 Å². The lowest BCUT2D eigenvalue weighted by Gasteiger charge is -2.22. The zero-order valence-electron chi connectivity index (χ0n) is 11.7. The first kappa shape index (κ1) is 15.7. The van der Waals surface area contributed by atoms with Gasteiger partial charge in [-0.15, -0.1) is 10.2 Å². The molecule has 0 bridgehead atoms. The number of carboxylic acid groups (broad SMARTS) is 1. The fourth-order valence-electron chi connectivity index (χ4n) is 2.30. The summed E-state index contributed by atoms with van der Waals surface area (Å²) in [5.74, 6) is 1.45. The molecule has 1 aromatic heterocycles. The van der Waals surface area contributed by atoms with Crippen LogP contribution < -0.4 is 0 Å². The van der Waals surface area contributed by atoms with Gasteiger partial charge in [0.15, 0.2) is 5.16 Å². The van der Waals surface area contributed by atoms with Crippen LogP contribution in [0.15, 0.2) is 5.16 Å². The fraction of sp³-hybridized carbons (Fsp3) is 0.769. The van der Waals surface area contributed by atoms with Crippen molar-refractivity contribution in [1.29, 1.82) is 0 Å². The van der Waals surface area contributed by atoms with E-state index < -0.39 is 5.97 Å². The van der Waals surface area contributed by atoms with Gasteiger partial charge in [-0.2, -0.15) is 11.8 Å². The molecule has 2 rings (SSSR count). The summed E-state index contributed by atoms with van der Waals surface area (Å²) in [6.07, 6.45) is 5.77. The molecule has 1 saturated heterocycles. The first-order chi connectivity index (χ1) is 9.70. The van der Waals surface area contributed by atoms with Crippen LogP contribution in [0.2, 0.25) is 0 Å². The van der Waals surface area contributed by atoms with Crippen molar-refractivity contribution in [3.63, 3.8) is 0 Å². The minimum absolute atomic E-state index is 0.0437. The lowest BCUT2D eigenvalue weighted by Crippen LogP contribution is -2.19. The lowest BCUT2D eigenvalue weighted by molar-refractivity contribution is -0.133. The van der Waals surface area contributed by atoms with Crippen LogP contribution in [0.5, 0.6) is 0 Å². The van der Waals surface area contributed by atoms with Gasteiger partial charge in [0.05, 0.1) is 5.75 Å². The molecule has 1 fully saturated rings. The first-order valence-electron chi connectivity index (χ1n) is 7.09. The van der Waals surface area contributed by atoms with Crippen LogP contribution in [0.25, 0.3) is 0 Å². The lowest BCUT2D eigenvalue weighted by atomic mass is 10.2. The Kier molecular flexibility index (Phi) is 6.22. The second-order valence-corrected chi connectivity index (χ2v) is 7.28. The molecule has 0 aliphatic carbocycles. The van der Waals surface area contributed by atoms with Crippen molar-refractivity contribution in [2.24, 2.45) is 0 Å². The van der Waals surface area contributed by atoms with E-state index in [1.165, 1.54) is 36.8 Å². The summed E-state index contributed by atoms with van der Waals surface area (Å²) in [6.45, 7) is 3.04. The number of aryl methyl sites for hydroxylation is 1. The monoisotopic (exact) mass is 315 g/mol. The highest BCUT2D eigenvalue weighted by molar-refractivity contribution is 8.00. The van der Waals surface area contributed by atoms with E-state index >= 15 is 0 Å². The average molecular weight is 315 g/mol. The third-order valence-electron chi connectivity index (χ3n) is 3.25. The van der Waals surface area contributed by atoms with Crippen molar-refractivity contribution in [3.05, 3.63) is 5.82 Å². The Morgan fingerprint density at radius 3 is 3.00 bits per heavy atom. The third kappa shape index (κ3) is 4.41. The molecule has 0 amide bonds. The fourth-order valence-corrected chi connectivity index (χ4v) is 4.28. The number of aliphatic carboxylic acids is 1. The molecule has 7 heteroatoms. The highest BCUT2D eigenvalue weighted by Gasteiger charge is 2.19. The van der Waals surface area contributed by atoms with Gasteiger partial charge >= 0.3 is 5.97 Å². The van der Waals surface area contributed by atoms with Crippen LogP contribution in [0.4, 0.5) is 0 Å². The van der Waals surface area contributed by atoms with Crippen LogP contribution >= 0.6 is 23.5 Å². The van der Waals surface area contributed by atoms with Gasteiger partial charge in [0.2, 0.25) is 0 Å². The van der Waals surface area contributed by atoms with Crippen LogP contribution in [0.1, 0.15) is 38.4 Å². The number of hydrogen-bond acceptors (Lipinski definition) is 5. The minimum Gasteiger partial charge on any atom is -0.481 e. The largest absolute Gasteiger partial charge is 0.481 e. The first-order valence-corrected chi connectivity index (χ1v) is 9.12. The molecule has 1 aliphatic heterocycles. The van der Waals surface area contributed by atoms with E-state index in [1.807, 2.05) is 11.8 Å². The SMILES string of the molecule is CCCc1nnc(SCC(=O)O)n1CC1CCCCS1. The molecule has 1 aromatic rings. The molecule has 1 N–H and O–H groups in total. The normalized spacial score (nSPS) is 19.1. The van der Waals surface area contributed by atoms with Gasteiger partial charge in [0.25, 0.3) is 0 Å². The number of aromatic nitrogens is 3. The molecule has 0 radical (unpaired) electrons. The number of hydrogen-bond donors (Lipinski definition) is 1. The summed E-state index contributed by atoms with van der Waals surface area (Å²) in [5.41, 5.74) is 0. The van der Waals surface area contributed by atoms with E-state index in [0.717, 1.165) is 30.4 Å². The molecule has 20 heavy (non-hydrogen) atoms. The van der Waals surface area contributed by atoms with E-state index in [4.69, 9.17) is 5.11 Å². The molecule has 1 atom stereocenters. The molecular formula is C13H21N3O2S2. The van der Waals surface area contributed by atoms with Crippen molar-refractivity contribution in [2.45, 2.75) is 56.0 Å². The van der Waals surface area contributed by atoms with E-state index in [-0.39, 0.29) is 5.75 Å². The van der Waals surface area contributed by atoms with Crippen LogP contribution in [0.3, 0.4) is 0 Å². The maximum Gasteiger partial charge on any atom is 0.313 e. The second kappa shape index (κ2) is 7.93. The summed E-state index contributed by atoms with van der Waals surface area (Å²) in [6, 6.07) is 0. The average Bonchev–Trinajstić information content (AvgIpc) is 2.81. The maximum atomic E-state index is 10.7. The Labute approximate surface area is 127 Å². The summed E-state index contributed by atoms with van der Waals surface area (Å²) in [7, 11) is 0. The molecule has 0 aromatic carbocycles. The predicted octanol–water partition coefficient (Wildman–Crippen LogP) is 2.69. The van der Waals surface area contributed by atoms with Crippen molar-refractivity contribution in [3.8, 4) is 0 Å². The van der Waals surface area contributed by atoms with E-state index in [2.05, 4.69) is 21.7 Å². The van der Waals surface area contributed by atoms with Crippen molar-refractivity contribution in [2.75, 3.05) is 11.5 Å². The Hall–Kier alpha value is -0.690. The summed E-state index contributed by atoms with van der Waals surface area (Å²) >= 11 is 3.29. The number of rotatable bonds is 7. The Morgan fingerprint density at radius 1 is 1.50 bits per heavy atom. The van der Waals surface area contributed by atoms with E-state index in [0.29, 0.717) is 5.25 Å². The Balaban J connectivity index is 2.08. The Morgan fingerprint density at radius 2 is 2.35 bits per heavy atom. The molecule has 2 heterocycles. The molecule has 112 valence electrons. The summed E-state index contributed by atoms with van der Waals surface area (Å²) in [4.78, 5) is 10.7. The van der Waals surface area contributed by atoms with E-state index in [1.54, 1.807) is 0 Å². The highest BCUT2D eigenvalue weighted by Crippen LogP contribution is 2.28. The number of thioether (sulfide) groups is 2. The minimum atomic E-state index is -0.811. The maximum absolute atomic E-state index is 10.7. The molecule has 1 unspecified atom stereocenters. The summed E-state index contributed by atoms with van der Waals surface area (Å²) < 4.78 is 2.14. The zero-order valence-corrected chi connectivity index (χ0v) is 13.4. The van der Waals surface area contributed by atoms with Gasteiger partial charge < -0.3 is 9.67 Å². The number of nitrogens with zero attached hydrogens (tertiary/aromatic N) is 3. The van der Waals surface area contributed by atoms with Crippen LogP contribution in [0, 0.1) is 0 Å². The smallest absolute Gasteiger partial charge is 0.313 e. The molecular weight excluding hydrogens is 294 g/mol. The topological polar surface area (TPSA) is 68.0 Å². The number of carbonyl (C=O) groups is 1. The Bertz CT molecular complexity index is 445. The molecule has 0 saturated carbocycles. The van der Waals surface area contributed by atoms with Gasteiger partial charge in [-0.25, -0.2) is 0 Å². The quantitative estimate of drug-likeness (QED) is 0.780. The summed E-state index contributed by atoms with van der Waals surface area (Å²) in [5, 5.41) is 18.6. The standard InChI is InChI=1S/C13H21N3O2S2/c1-2-5-11-14-15-13(20-9-12(17)18)16(11)8-10-6-3-4-7-19-10/h10H,2-9H2,1H3,(H,17,18). The van der Waals surface area contributed by atoms with Crippen LogP contribution in [-0.4, -0.2) is 42.6 Å². The third-order valence-corrected chi connectivity index (χ3v) is 5.58. The van der Waals surface area contributed by atoms with Gasteiger partial charge in [-0.3, -0.25) is 4.79 Å².